The van der Waals surface area contributed by atoms with E-state index in [0.717, 1.165) is 240 Å². The summed E-state index contributed by atoms with van der Waals surface area (Å²) in [5.41, 5.74) is 22.6. The number of hydrogen-bond donors (Lipinski definition) is 1. The van der Waals surface area contributed by atoms with Gasteiger partial charge < -0.3 is 39.4 Å². The first kappa shape index (κ1) is 88.0. The van der Waals surface area contributed by atoms with Crippen molar-refractivity contribution in [2.75, 3.05) is 145 Å². The van der Waals surface area contributed by atoms with Crippen LogP contribution in [-0.4, -0.2) is 258 Å². The van der Waals surface area contributed by atoms with Gasteiger partial charge in [0.25, 0.3) is 22.2 Å². The molecule has 0 amide bonds. The van der Waals surface area contributed by atoms with Gasteiger partial charge in [0.15, 0.2) is 0 Å². The molecule has 0 saturated carbocycles. The van der Waals surface area contributed by atoms with Crippen LogP contribution in [0.15, 0.2) is 166 Å². The Morgan fingerprint density at radius 2 is 0.597 bits per heavy atom. The van der Waals surface area contributed by atoms with Crippen LogP contribution in [0.25, 0.3) is 90.2 Å². The van der Waals surface area contributed by atoms with Crippen LogP contribution in [-0.2, 0) is 25.7 Å². The number of rotatable bonds is 19. The number of likely N-dealkylation sites (N-methyl/N-ethyl adjacent to an activating group) is 1. The lowest BCUT2D eigenvalue weighted by atomic mass is 10.0. The average molecular weight is 1740 g/mol. The Bertz CT molecular complexity index is 7040. The first-order valence-electron chi connectivity index (χ1n) is 45.6. The molecule has 1 N–H and O–H groups in total. The lowest BCUT2D eigenvalue weighted by Crippen LogP contribution is -2.47. The van der Waals surface area contributed by atoms with E-state index in [1.54, 1.807) is 41.9 Å². The van der Waals surface area contributed by atoms with Crippen LogP contribution in [0, 0.1) is 27.7 Å². The summed E-state index contributed by atoms with van der Waals surface area (Å²) in [7, 11) is 4.28. The molecule has 33 nitrogen and oxygen atoms in total. The fourth-order valence-electron chi connectivity index (χ4n) is 18.5. The van der Waals surface area contributed by atoms with Gasteiger partial charge in [-0.05, 0) is 186 Å². The highest BCUT2D eigenvalue weighted by Gasteiger charge is 2.28. The molecule has 4 aliphatic rings. The van der Waals surface area contributed by atoms with Crippen LogP contribution < -0.4 is 41.8 Å². The van der Waals surface area contributed by atoms with Gasteiger partial charge in [-0.15, -0.1) is 0 Å². The first-order valence-corrected chi connectivity index (χ1v) is 45.6. The molecule has 670 valence electrons. The number of aliphatic hydroxyl groups excluding tert-OH is 1. The van der Waals surface area contributed by atoms with Crippen LogP contribution in [0.1, 0.15) is 120 Å². The number of nitrogens with zero attached hydrogens (tertiary/aromatic N) is 28. The fourth-order valence-corrected chi connectivity index (χ4v) is 18.5. The first-order chi connectivity index (χ1) is 62.5. The highest BCUT2D eigenvalue weighted by molar-refractivity contribution is 5.71. The van der Waals surface area contributed by atoms with E-state index in [4.69, 9.17) is 25.0 Å². The van der Waals surface area contributed by atoms with Crippen LogP contribution in [0.4, 0.5) is 22.7 Å². The number of hydrogen-bond acceptors (Lipinski definition) is 25. The van der Waals surface area contributed by atoms with Gasteiger partial charge in [0.1, 0.15) is 45.4 Å². The maximum Gasteiger partial charge on any atom is 0.258 e. The molecule has 4 aliphatic heterocycles. The predicted molar refractivity (Wildman–Crippen MR) is 507 cm³/mol. The topological polar surface area (TPSA) is 304 Å². The third-order valence-electron chi connectivity index (χ3n) is 25.6. The number of β-amino-alcohol motifs (C(OH)–C–C–N with tert-alkyl or cyclic N) is 1. The van der Waals surface area contributed by atoms with Gasteiger partial charge in [0.05, 0.1) is 145 Å². The van der Waals surface area contributed by atoms with E-state index in [2.05, 4.69) is 160 Å². The molecule has 4 saturated heterocycles. The van der Waals surface area contributed by atoms with Crippen molar-refractivity contribution < 1.29 is 5.11 Å². The van der Waals surface area contributed by atoms with Crippen molar-refractivity contribution in [3.8, 4) is 45.6 Å². The minimum atomic E-state index is -0.132. The van der Waals surface area contributed by atoms with Crippen LogP contribution >= 0.6 is 0 Å². The summed E-state index contributed by atoms with van der Waals surface area (Å²) in [6.45, 7) is 38.5. The number of aliphatic hydroxyl groups is 1. The molecule has 0 unspecified atom stereocenters. The summed E-state index contributed by atoms with van der Waals surface area (Å²) in [6, 6.07) is 31.3. The lowest BCUT2D eigenvalue weighted by molar-refractivity contribution is 0.186. The largest absolute Gasteiger partial charge is 0.395 e. The van der Waals surface area contributed by atoms with E-state index in [9.17, 15) is 19.2 Å². The molecule has 0 atom stereocenters. The Balaban J connectivity index is 0.000000121. The van der Waals surface area contributed by atoms with Gasteiger partial charge in [0.2, 0.25) is 0 Å². The summed E-state index contributed by atoms with van der Waals surface area (Å²) < 4.78 is 13.8. The summed E-state index contributed by atoms with van der Waals surface area (Å²) in [4.78, 5) is 108. The van der Waals surface area contributed by atoms with E-state index < -0.39 is 0 Å². The second-order valence-electron chi connectivity index (χ2n) is 34.1. The molecule has 0 aromatic carbocycles. The van der Waals surface area contributed by atoms with Crippen LogP contribution in [0.3, 0.4) is 0 Å². The van der Waals surface area contributed by atoms with Gasteiger partial charge in [-0.25, -0.2) is 38.0 Å². The van der Waals surface area contributed by atoms with E-state index in [-0.39, 0.29) is 28.8 Å². The Hall–Kier alpha value is -13.1. The molecule has 16 aromatic heterocycles. The third-order valence-corrected chi connectivity index (χ3v) is 25.6. The molecule has 16 aromatic rings. The van der Waals surface area contributed by atoms with Crippen LogP contribution in [0.2, 0.25) is 0 Å². The third kappa shape index (κ3) is 18.7. The maximum atomic E-state index is 13.1. The van der Waals surface area contributed by atoms with Crippen molar-refractivity contribution in [3.63, 3.8) is 0 Å². The lowest BCUT2D eigenvalue weighted by Gasteiger charge is -2.38. The number of piperazine rings is 2. The quantitative estimate of drug-likeness (QED) is 0.0786. The fraction of sp³-hybridized carbons (Fsp3) is 0.417. The Kier molecular flexibility index (Phi) is 26.0. The summed E-state index contributed by atoms with van der Waals surface area (Å²) in [5.74, 6) is 0. The standard InChI is InChI=1S/C26H33N7O.C24H29N7O.C23H27N7O2.C23H27N7O/c1-5-21-24-14-23(29-33(24)16-18(4)27-21)22-15-26(34)32-17-20(8-9-25(32)28-22)31-12-10-19(11-13-31)30(6-2)7-3;1-5-19-22-12-21(27-31(22)14-16(2)25-19)20-13-24(32)30-15-18(6-7-23(30)26-20)29-10-8-17(9-11-29)28(3)4;1-3-18-21-12-20(26-30(21)14-16(2)24-18)19-13-23(32)29-15-17(4-5-22(29)25-19)28-8-6-27(7-9-28)10-11-31;1-4-18-21-12-20(26-30(21)14-16(3)24-18)19-13-23(31)29-15-17(6-7-22(29)25-19)28-10-8-27(5-2)9-11-28/h8-9,14-17,19H,5-7,10-13H2,1-4H3;6-7,12-15,17H,5,8-11H2,1-4H3;4-5,12-15,31H,3,6-11H2,1-2H3;6-7,12-15H,4-5,8-11H2,1-3H3. The zero-order valence-corrected chi connectivity index (χ0v) is 76.3. The maximum absolute atomic E-state index is 13.1. The minimum absolute atomic E-state index is 0.0954. The minimum Gasteiger partial charge on any atom is -0.395 e. The van der Waals surface area contributed by atoms with E-state index in [0.29, 0.717) is 86.8 Å². The second kappa shape index (κ2) is 38.1. The van der Waals surface area contributed by atoms with Gasteiger partial charge >= 0.3 is 0 Å². The average Bonchev–Trinajstić information content (AvgIpc) is 1.58. The second-order valence-corrected chi connectivity index (χ2v) is 34.1. The predicted octanol–water partition coefficient (Wildman–Crippen LogP) is 10.2. The number of aromatic nitrogens is 20. The summed E-state index contributed by atoms with van der Waals surface area (Å²) >= 11 is 0. The van der Waals surface area contributed by atoms with Crippen molar-refractivity contribution in [2.24, 2.45) is 0 Å². The zero-order valence-electron chi connectivity index (χ0n) is 76.3. The van der Waals surface area contributed by atoms with Crippen molar-refractivity contribution in [1.82, 2.24) is 116 Å². The molecule has 0 bridgehead atoms. The molecular weight excluding hydrogens is 1630 g/mol. The normalized spacial score (nSPS) is 15.2. The molecule has 0 aliphatic carbocycles. The Labute approximate surface area is 747 Å². The SMILES string of the molecule is CCc1nc(C)cn2nc(-c3cc(=O)n4cc(N5CCC(N(C)C)CC5)ccc4n3)cc12.CCc1nc(C)cn2nc(-c3cc(=O)n4cc(N5CCC(N(CC)CC)CC5)ccc4n3)cc12.CCc1nc(C)cn2nc(-c3cc(=O)n4cc(N5CCN(CC)CC5)ccc4n3)cc12.CCc1nc(C)cn2nc(-c3cc(=O)n4cc(N5CCN(CCO)CC5)ccc4n3)cc12. The summed E-state index contributed by atoms with van der Waals surface area (Å²) in [6.07, 6.45) is 23.0. The van der Waals surface area contributed by atoms with Gasteiger partial charge in [-0.3, -0.25) is 61.6 Å². The molecule has 20 rings (SSSR count). The van der Waals surface area contributed by atoms with Crippen molar-refractivity contribution in [1.29, 1.82) is 0 Å². The van der Waals surface area contributed by atoms with E-state index in [1.807, 2.05) is 150 Å². The zero-order chi connectivity index (χ0) is 90.0. The highest BCUT2D eigenvalue weighted by atomic mass is 16.3. The van der Waals surface area contributed by atoms with Crippen molar-refractivity contribution >= 4 is 67.4 Å². The molecular formula is C96H116N28O5. The van der Waals surface area contributed by atoms with Crippen molar-refractivity contribution in [2.45, 2.75) is 140 Å². The Morgan fingerprint density at radius 1 is 0.326 bits per heavy atom. The van der Waals surface area contributed by atoms with Crippen LogP contribution in [0.5, 0.6) is 0 Å². The smallest absolute Gasteiger partial charge is 0.258 e. The molecule has 33 heteroatoms. The molecule has 20 heterocycles. The molecule has 4 fully saturated rings. The Morgan fingerprint density at radius 3 is 0.853 bits per heavy atom. The monoisotopic (exact) mass is 1740 g/mol. The number of piperidine rings is 2. The highest BCUT2D eigenvalue weighted by Crippen LogP contribution is 2.31. The van der Waals surface area contributed by atoms with Gasteiger partial charge in [0, 0.05) is 146 Å². The number of anilines is 4. The number of fused-ring (bicyclic) bond motifs is 8. The molecule has 0 radical (unpaired) electrons. The molecule has 0 spiro atoms. The van der Waals surface area contributed by atoms with E-state index in [1.165, 1.54) is 0 Å². The molecule has 129 heavy (non-hydrogen) atoms. The van der Waals surface area contributed by atoms with E-state index >= 15 is 0 Å². The van der Waals surface area contributed by atoms with Gasteiger partial charge in [-0.2, -0.15) is 20.4 Å². The number of aryl methyl sites for hydroxylation is 8. The summed E-state index contributed by atoms with van der Waals surface area (Å²) in [5, 5.41) is 27.8. The van der Waals surface area contributed by atoms with Crippen molar-refractivity contribution in [3.05, 3.63) is 234 Å². The number of pyridine rings is 4. The van der Waals surface area contributed by atoms with Gasteiger partial charge in [-0.1, -0.05) is 48.5 Å².